The molecule has 0 aliphatic heterocycles. The molecule has 1 nitrogen and oxygen atoms in total. The van der Waals surface area contributed by atoms with Crippen molar-refractivity contribution in [3.05, 3.63) is 12.2 Å². The predicted molar refractivity (Wildman–Crippen MR) is 101 cm³/mol. The molecule has 0 aromatic heterocycles. The van der Waals surface area contributed by atoms with Crippen LogP contribution in [0.4, 0.5) is 0 Å². The second kappa shape index (κ2) is 12.7. The van der Waals surface area contributed by atoms with Crippen LogP contribution in [-0.4, -0.2) is 24.4 Å². The molecule has 3 heteroatoms. The average molecular weight is 327 g/mol. The lowest BCUT2D eigenvalue weighted by Gasteiger charge is -2.27. The second-order valence-electron chi connectivity index (χ2n) is 6.80. The molecular formula is C18H38OSi2. The lowest BCUT2D eigenvalue weighted by Crippen LogP contribution is -2.30. The molecule has 0 saturated carbocycles. The lowest BCUT2D eigenvalue weighted by molar-refractivity contribution is 0.313. The van der Waals surface area contributed by atoms with E-state index in [-0.39, 0.29) is 0 Å². The van der Waals surface area contributed by atoms with Crippen molar-refractivity contribution in [3.8, 4) is 0 Å². The maximum Gasteiger partial charge on any atom is 0.186 e. The van der Waals surface area contributed by atoms with E-state index in [9.17, 15) is 0 Å². The Balaban J connectivity index is 4.42. The van der Waals surface area contributed by atoms with Gasteiger partial charge in [-0.05, 0) is 57.7 Å². The molecule has 0 fully saturated rings. The van der Waals surface area contributed by atoms with Crippen molar-refractivity contribution >= 4 is 17.8 Å². The van der Waals surface area contributed by atoms with Crippen molar-refractivity contribution in [2.24, 2.45) is 11.8 Å². The van der Waals surface area contributed by atoms with Gasteiger partial charge in [-0.2, -0.15) is 0 Å². The summed E-state index contributed by atoms with van der Waals surface area (Å²) in [7, 11) is -0.299. The monoisotopic (exact) mass is 326 g/mol. The van der Waals surface area contributed by atoms with Crippen molar-refractivity contribution in [3.63, 3.8) is 0 Å². The normalized spacial score (nSPS) is 15.5. The molecule has 0 aromatic rings. The molecule has 0 aromatic carbocycles. The minimum absolute atomic E-state index is 0.860. The van der Waals surface area contributed by atoms with Gasteiger partial charge in [-0.15, -0.1) is 0 Å². The van der Waals surface area contributed by atoms with Crippen LogP contribution in [0.5, 0.6) is 0 Å². The SMILES string of the molecule is C/C=C/CC(CC[Si](C)(C)OCC)CC(CC)CC[Si]C. The molecule has 0 heterocycles. The standard InChI is InChI=1S/C18H38OSi2/c1-7-10-11-18(13-15-21(5,6)19-9-3)16-17(8-2)12-14-20-4/h7,10,17-18H,8-9,11-16H2,1-6H3/b10-7+. The molecule has 0 spiro atoms. The highest BCUT2D eigenvalue weighted by Crippen LogP contribution is 2.29. The quantitative estimate of drug-likeness (QED) is 0.290. The highest BCUT2D eigenvalue weighted by Gasteiger charge is 2.24. The van der Waals surface area contributed by atoms with E-state index in [0.29, 0.717) is 0 Å². The fourth-order valence-corrected chi connectivity index (χ4v) is 5.71. The van der Waals surface area contributed by atoms with Crippen LogP contribution >= 0.6 is 0 Å². The van der Waals surface area contributed by atoms with Crippen molar-refractivity contribution in [2.45, 2.75) is 84.6 Å². The van der Waals surface area contributed by atoms with Gasteiger partial charge < -0.3 is 4.43 Å². The zero-order valence-electron chi connectivity index (χ0n) is 15.4. The Kier molecular flexibility index (Phi) is 12.7. The smallest absolute Gasteiger partial charge is 0.186 e. The van der Waals surface area contributed by atoms with Crippen molar-refractivity contribution in [1.29, 1.82) is 0 Å². The number of hydrogen-bond donors (Lipinski definition) is 0. The molecular weight excluding hydrogens is 288 g/mol. The van der Waals surface area contributed by atoms with E-state index in [2.05, 4.69) is 52.6 Å². The Labute approximate surface area is 137 Å². The highest BCUT2D eigenvalue weighted by atomic mass is 28.4. The van der Waals surface area contributed by atoms with E-state index in [1.54, 1.807) is 0 Å². The minimum Gasteiger partial charge on any atom is -0.418 e. The van der Waals surface area contributed by atoms with Crippen molar-refractivity contribution in [1.82, 2.24) is 0 Å². The van der Waals surface area contributed by atoms with Gasteiger partial charge in [-0.1, -0.05) is 50.9 Å². The van der Waals surface area contributed by atoms with Crippen LogP contribution in [0, 0.1) is 11.8 Å². The van der Waals surface area contributed by atoms with Gasteiger partial charge in [0.1, 0.15) is 0 Å². The maximum atomic E-state index is 6.00. The molecule has 0 amide bonds. The molecule has 0 N–H and O–H groups in total. The molecule has 2 atom stereocenters. The summed E-state index contributed by atoms with van der Waals surface area (Å²) in [4.78, 5) is 0. The van der Waals surface area contributed by atoms with E-state index in [4.69, 9.17) is 4.43 Å². The topological polar surface area (TPSA) is 9.23 Å². The average Bonchev–Trinajstić information content (AvgIpc) is 2.45. The molecule has 0 bridgehead atoms. The maximum absolute atomic E-state index is 6.00. The number of allylic oxidation sites excluding steroid dienone is 2. The van der Waals surface area contributed by atoms with Gasteiger partial charge in [0, 0.05) is 16.1 Å². The summed E-state index contributed by atoms with van der Waals surface area (Å²) in [6.07, 6.45) is 11.4. The third-order valence-electron chi connectivity index (χ3n) is 4.44. The number of hydrogen-bond acceptors (Lipinski definition) is 1. The van der Waals surface area contributed by atoms with Crippen LogP contribution < -0.4 is 0 Å². The van der Waals surface area contributed by atoms with E-state index in [0.717, 1.165) is 28.0 Å². The molecule has 0 rings (SSSR count). The van der Waals surface area contributed by atoms with Crippen LogP contribution in [0.25, 0.3) is 0 Å². The summed E-state index contributed by atoms with van der Waals surface area (Å²) in [5.41, 5.74) is 0. The molecule has 0 saturated heterocycles. The largest absolute Gasteiger partial charge is 0.418 e. The molecule has 2 unspecified atom stereocenters. The van der Waals surface area contributed by atoms with E-state index < -0.39 is 8.32 Å². The zero-order chi connectivity index (χ0) is 16.1. The first-order chi connectivity index (χ1) is 9.99. The van der Waals surface area contributed by atoms with Crippen LogP contribution in [0.15, 0.2) is 12.2 Å². The third kappa shape index (κ3) is 11.4. The first-order valence-corrected chi connectivity index (χ1v) is 13.7. The van der Waals surface area contributed by atoms with Crippen molar-refractivity contribution in [2.75, 3.05) is 6.61 Å². The van der Waals surface area contributed by atoms with E-state index >= 15 is 0 Å². The molecule has 0 aliphatic rings. The zero-order valence-corrected chi connectivity index (χ0v) is 17.4. The van der Waals surface area contributed by atoms with Crippen molar-refractivity contribution < 1.29 is 4.43 Å². The van der Waals surface area contributed by atoms with Gasteiger partial charge >= 0.3 is 0 Å². The Hall–Kier alpha value is 0.134. The van der Waals surface area contributed by atoms with Gasteiger partial charge in [0.05, 0.1) is 0 Å². The predicted octanol–water partition coefficient (Wildman–Crippen LogP) is 6.18. The fraction of sp³-hybridized carbons (Fsp3) is 0.889. The molecule has 21 heavy (non-hydrogen) atoms. The van der Waals surface area contributed by atoms with Gasteiger partial charge in [0.15, 0.2) is 8.32 Å². The van der Waals surface area contributed by atoms with Gasteiger partial charge in [0.2, 0.25) is 0 Å². The first kappa shape index (κ1) is 21.1. The fourth-order valence-electron chi connectivity index (χ4n) is 2.98. The minimum atomic E-state index is -1.41. The Bertz CT molecular complexity index is 264. The summed E-state index contributed by atoms with van der Waals surface area (Å²) in [5, 5.41) is 0. The van der Waals surface area contributed by atoms with Crippen LogP contribution in [0.2, 0.25) is 31.7 Å². The highest BCUT2D eigenvalue weighted by molar-refractivity contribution is 6.71. The van der Waals surface area contributed by atoms with Crippen LogP contribution in [0.1, 0.15) is 52.9 Å². The number of rotatable bonds is 13. The lowest BCUT2D eigenvalue weighted by atomic mass is 9.87. The van der Waals surface area contributed by atoms with Gasteiger partial charge in [-0.3, -0.25) is 0 Å². The Morgan fingerprint density at radius 2 is 1.86 bits per heavy atom. The Morgan fingerprint density at radius 1 is 1.14 bits per heavy atom. The molecule has 124 valence electrons. The molecule has 0 aliphatic carbocycles. The summed E-state index contributed by atoms with van der Waals surface area (Å²) in [6, 6.07) is 2.74. The van der Waals surface area contributed by atoms with Crippen LogP contribution in [-0.2, 0) is 4.43 Å². The summed E-state index contributed by atoms with van der Waals surface area (Å²) in [6.45, 7) is 14.6. The molecule has 2 radical (unpaired) electrons. The third-order valence-corrected chi connectivity index (χ3v) is 7.79. The van der Waals surface area contributed by atoms with Gasteiger partial charge in [-0.25, -0.2) is 0 Å². The first-order valence-electron chi connectivity index (χ1n) is 8.88. The Morgan fingerprint density at radius 3 is 2.38 bits per heavy atom. The van der Waals surface area contributed by atoms with Crippen LogP contribution in [0.3, 0.4) is 0 Å². The summed E-state index contributed by atoms with van der Waals surface area (Å²) in [5.74, 6) is 1.79. The van der Waals surface area contributed by atoms with E-state index in [1.807, 2.05) is 0 Å². The van der Waals surface area contributed by atoms with Gasteiger partial charge in [0.25, 0.3) is 0 Å². The van der Waals surface area contributed by atoms with E-state index in [1.165, 1.54) is 44.2 Å². The summed E-state index contributed by atoms with van der Waals surface area (Å²) < 4.78 is 6.00. The second-order valence-corrected chi connectivity index (χ2v) is 12.3. The summed E-state index contributed by atoms with van der Waals surface area (Å²) >= 11 is 0.